The van der Waals surface area contributed by atoms with Gasteiger partial charge in [-0.05, 0) is 49.4 Å². The van der Waals surface area contributed by atoms with E-state index >= 15 is 0 Å². The molecule has 0 unspecified atom stereocenters. The fourth-order valence-corrected chi connectivity index (χ4v) is 3.05. The molecule has 0 saturated heterocycles. The number of carbonyl (C=O) groups is 1. The van der Waals surface area contributed by atoms with Crippen LogP contribution in [0.1, 0.15) is 40.9 Å². The van der Waals surface area contributed by atoms with E-state index in [2.05, 4.69) is 5.32 Å². The van der Waals surface area contributed by atoms with Crippen LogP contribution in [0.15, 0.2) is 41.2 Å². The molecule has 1 aromatic carbocycles. The lowest BCUT2D eigenvalue weighted by Gasteiger charge is -2.14. The maximum atomic E-state index is 12.5. The molecule has 0 aliphatic heterocycles. The van der Waals surface area contributed by atoms with Gasteiger partial charge in [0, 0.05) is 18.4 Å². The van der Waals surface area contributed by atoms with Gasteiger partial charge in [-0.25, -0.2) is 0 Å². The van der Waals surface area contributed by atoms with E-state index in [1.54, 1.807) is 17.7 Å². The fraction of sp³-hybridized carbons (Fsp3) is 0.333. The second-order valence-electron chi connectivity index (χ2n) is 5.77. The van der Waals surface area contributed by atoms with Gasteiger partial charge < -0.3 is 9.88 Å². The normalized spacial score (nSPS) is 14.0. The minimum atomic E-state index is -0.334. The molecule has 0 fully saturated rings. The molecule has 0 atom stereocenters. The van der Waals surface area contributed by atoms with Crippen LogP contribution in [-0.2, 0) is 19.9 Å². The van der Waals surface area contributed by atoms with Gasteiger partial charge >= 0.3 is 0 Å². The van der Waals surface area contributed by atoms with E-state index in [0.717, 1.165) is 36.9 Å². The topological polar surface area (TPSA) is 51.1 Å². The minimum Gasteiger partial charge on any atom is -0.322 e. The second kappa shape index (κ2) is 6.18. The van der Waals surface area contributed by atoms with E-state index in [1.165, 1.54) is 6.42 Å². The van der Waals surface area contributed by atoms with E-state index in [9.17, 15) is 9.59 Å². The predicted molar refractivity (Wildman–Crippen MR) is 87.3 cm³/mol. The summed E-state index contributed by atoms with van der Waals surface area (Å²) in [5.41, 5.74) is 2.93. The molecule has 1 heterocycles. The monoisotopic (exact) mass is 296 g/mol. The average molecular weight is 296 g/mol. The Morgan fingerprint density at radius 3 is 2.59 bits per heavy atom. The average Bonchev–Trinajstić information content (AvgIpc) is 2.77. The first kappa shape index (κ1) is 14.6. The van der Waals surface area contributed by atoms with Crippen molar-refractivity contribution < 1.29 is 4.79 Å². The van der Waals surface area contributed by atoms with Crippen LogP contribution < -0.4 is 10.9 Å². The molecule has 1 N–H and O–H groups in total. The van der Waals surface area contributed by atoms with Crippen molar-refractivity contribution in [2.75, 3.05) is 5.32 Å². The van der Waals surface area contributed by atoms with E-state index in [0.29, 0.717) is 5.69 Å². The van der Waals surface area contributed by atoms with Gasteiger partial charge in [-0.15, -0.1) is 0 Å². The summed E-state index contributed by atoms with van der Waals surface area (Å²) in [5.74, 6) is -0.334. The van der Waals surface area contributed by atoms with Gasteiger partial charge in [-0.1, -0.05) is 24.6 Å². The van der Waals surface area contributed by atoms with Crippen LogP contribution in [-0.4, -0.2) is 10.5 Å². The Hall–Kier alpha value is -2.36. The lowest BCUT2D eigenvalue weighted by atomic mass is 10.0. The van der Waals surface area contributed by atoms with Crippen LogP contribution in [0.3, 0.4) is 0 Å². The molecule has 1 aromatic heterocycles. The van der Waals surface area contributed by atoms with Gasteiger partial charge in [-0.2, -0.15) is 0 Å². The number of nitrogens with one attached hydrogen (secondary N) is 1. The van der Waals surface area contributed by atoms with Crippen molar-refractivity contribution in [1.29, 1.82) is 0 Å². The molecule has 0 radical (unpaired) electrons. The number of fused-ring (bicyclic) bond motifs is 1. The van der Waals surface area contributed by atoms with Gasteiger partial charge in [0.15, 0.2) is 0 Å². The Kier molecular flexibility index (Phi) is 4.09. The van der Waals surface area contributed by atoms with Gasteiger partial charge in [-0.3, -0.25) is 9.59 Å². The first-order valence-corrected chi connectivity index (χ1v) is 7.75. The summed E-state index contributed by atoms with van der Waals surface area (Å²) in [6.07, 6.45) is 5.26. The van der Waals surface area contributed by atoms with Crippen molar-refractivity contribution in [2.24, 2.45) is 7.05 Å². The highest BCUT2D eigenvalue weighted by atomic mass is 16.2. The summed E-state index contributed by atoms with van der Waals surface area (Å²) in [5, 5.41) is 2.80. The third kappa shape index (κ3) is 2.82. The zero-order valence-corrected chi connectivity index (χ0v) is 12.8. The predicted octanol–water partition coefficient (Wildman–Crippen LogP) is 2.91. The molecule has 2 aromatic rings. The van der Waals surface area contributed by atoms with Crippen LogP contribution in [0, 0.1) is 0 Å². The number of benzene rings is 1. The molecule has 22 heavy (non-hydrogen) atoms. The third-order valence-electron chi connectivity index (χ3n) is 4.27. The molecular weight excluding hydrogens is 276 g/mol. The van der Waals surface area contributed by atoms with Crippen LogP contribution >= 0.6 is 0 Å². The van der Waals surface area contributed by atoms with Crippen molar-refractivity contribution in [3.05, 3.63) is 63.6 Å². The van der Waals surface area contributed by atoms with Crippen molar-refractivity contribution in [1.82, 2.24) is 4.57 Å². The largest absolute Gasteiger partial charge is 0.322 e. The van der Waals surface area contributed by atoms with Crippen molar-refractivity contribution in [3.63, 3.8) is 0 Å². The Bertz CT molecular complexity index is 748. The van der Waals surface area contributed by atoms with Crippen molar-refractivity contribution in [2.45, 2.75) is 32.1 Å². The maximum absolute atomic E-state index is 12.5. The van der Waals surface area contributed by atoms with Crippen molar-refractivity contribution in [3.8, 4) is 0 Å². The van der Waals surface area contributed by atoms with Crippen LogP contribution in [0.4, 0.5) is 5.69 Å². The Morgan fingerprint density at radius 1 is 1.09 bits per heavy atom. The molecule has 4 heteroatoms. The summed E-state index contributed by atoms with van der Waals surface area (Å²) in [6, 6.07) is 11.0. The zero-order chi connectivity index (χ0) is 15.5. The Labute approximate surface area is 129 Å². The lowest BCUT2D eigenvalue weighted by molar-refractivity contribution is 0.102. The molecule has 3 rings (SSSR count). The lowest BCUT2D eigenvalue weighted by Crippen LogP contribution is -2.30. The van der Waals surface area contributed by atoms with Gasteiger partial charge in [0.25, 0.3) is 11.5 Å². The highest BCUT2D eigenvalue weighted by Crippen LogP contribution is 2.20. The number of aryl methyl sites for hydroxylation is 1. The number of nitrogens with zero attached hydrogens (tertiary/aromatic N) is 1. The number of anilines is 1. The summed E-state index contributed by atoms with van der Waals surface area (Å²) in [6.45, 7) is 0. The summed E-state index contributed by atoms with van der Waals surface area (Å²) in [4.78, 5) is 24.9. The number of hydrogen-bond acceptors (Lipinski definition) is 2. The number of rotatable bonds is 2. The molecule has 1 aliphatic carbocycles. The molecule has 4 nitrogen and oxygen atoms in total. The molecule has 1 amide bonds. The second-order valence-corrected chi connectivity index (χ2v) is 5.77. The van der Waals surface area contributed by atoms with E-state index in [1.807, 2.05) is 30.3 Å². The first-order valence-electron chi connectivity index (χ1n) is 7.75. The number of carbonyl (C=O) groups excluding carboxylic acids is 1. The number of pyridine rings is 1. The van der Waals surface area contributed by atoms with E-state index in [-0.39, 0.29) is 17.0 Å². The van der Waals surface area contributed by atoms with Crippen LogP contribution in [0.5, 0.6) is 0 Å². The number of para-hydroxylation sites is 1. The van der Waals surface area contributed by atoms with Crippen LogP contribution in [0.2, 0.25) is 0 Å². The summed E-state index contributed by atoms with van der Waals surface area (Å²) in [7, 11) is 1.77. The number of aromatic nitrogens is 1. The van der Waals surface area contributed by atoms with E-state index in [4.69, 9.17) is 0 Å². The van der Waals surface area contributed by atoms with Crippen molar-refractivity contribution >= 4 is 11.6 Å². The first-order chi connectivity index (χ1) is 10.7. The Morgan fingerprint density at radius 2 is 1.82 bits per heavy atom. The zero-order valence-electron chi connectivity index (χ0n) is 12.8. The van der Waals surface area contributed by atoms with Gasteiger partial charge in [0.05, 0.1) is 0 Å². The molecule has 0 spiro atoms. The maximum Gasteiger partial charge on any atom is 0.263 e. The quantitative estimate of drug-likeness (QED) is 0.866. The van der Waals surface area contributed by atoms with Gasteiger partial charge in [0.2, 0.25) is 0 Å². The molecule has 0 saturated carbocycles. The van der Waals surface area contributed by atoms with Gasteiger partial charge in [0.1, 0.15) is 5.56 Å². The Balaban J connectivity index is 1.97. The molecular formula is C18H20N2O2. The SMILES string of the molecule is Cn1c2c(cc(C(=O)Nc3ccccc3)c1=O)CCCCC2. The summed E-state index contributed by atoms with van der Waals surface area (Å²) >= 11 is 0. The molecule has 1 aliphatic rings. The highest BCUT2D eigenvalue weighted by Gasteiger charge is 2.18. The number of amides is 1. The fourth-order valence-electron chi connectivity index (χ4n) is 3.05. The molecule has 0 bridgehead atoms. The third-order valence-corrected chi connectivity index (χ3v) is 4.27. The minimum absolute atomic E-state index is 0.214. The summed E-state index contributed by atoms with van der Waals surface area (Å²) < 4.78 is 1.65. The van der Waals surface area contributed by atoms with E-state index < -0.39 is 0 Å². The smallest absolute Gasteiger partial charge is 0.263 e. The number of hydrogen-bond donors (Lipinski definition) is 1. The molecule has 114 valence electrons. The van der Waals surface area contributed by atoms with Crippen LogP contribution in [0.25, 0.3) is 0 Å². The standard InChI is InChI=1S/C18H20N2O2/c1-20-16-11-7-2-4-8-13(16)12-15(18(20)22)17(21)19-14-9-5-3-6-10-14/h3,5-6,9-10,12H,2,4,7-8,11H2,1H3,(H,19,21). The highest BCUT2D eigenvalue weighted by molar-refractivity contribution is 6.04.